The van der Waals surface area contributed by atoms with Crippen molar-refractivity contribution in [2.45, 2.75) is 6.42 Å². The molecule has 0 heterocycles. The normalized spacial score (nSPS) is 11.7. The minimum atomic E-state index is -3.39. The van der Waals surface area contributed by atoms with E-state index in [4.69, 9.17) is 5.11 Å². The van der Waals surface area contributed by atoms with Crippen molar-refractivity contribution < 1.29 is 13.5 Å². The highest BCUT2D eigenvalue weighted by molar-refractivity contribution is 9.10. The second-order valence-corrected chi connectivity index (χ2v) is 6.96. The van der Waals surface area contributed by atoms with Crippen LogP contribution in [0.1, 0.15) is 6.42 Å². The minimum absolute atomic E-state index is 0.0815. The van der Waals surface area contributed by atoms with Gasteiger partial charge in [-0.25, -0.2) is 8.42 Å². The Balaban J connectivity index is 2.24. The Bertz CT molecular complexity index is 685. The summed E-state index contributed by atoms with van der Waals surface area (Å²) < 4.78 is 26.9. The SMILES string of the molecule is O=S(=O)(CCCO)Nc1ccc2cc(Br)ccc2c1. The predicted octanol–water partition coefficient (Wildman–Crippen LogP) is 2.73. The number of aliphatic hydroxyl groups is 1. The Kier molecular flexibility index (Phi) is 4.44. The largest absolute Gasteiger partial charge is 0.396 e. The molecule has 6 heteroatoms. The van der Waals surface area contributed by atoms with Crippen LogP contribution in [-0.4, -0.2) is 25.9 Å². The summed E-state index contributed by atoms with van der Waals surface area (Å²) in [6.45, 7) is -0.132. The lowest BCUT2D eigenvalue weighted by Gasteiger charge is -2.08. The summed E-state index contributed by atoms with van der Waals surface area (Å²) in [5.74, 6) is -0.0815. The monoisotopic (exact) mass is 343 g/mol. The number of fused-ring (bicyclic) bond motifs is 1. The average molecular weight is 344 g/mol. The zero-order valence-electron chi connectivity index (χ0n) is 10.1. The van der Waals surface area contributed by atoms with E-state index in [2.05, 4.69) is 20.7 Å². The van der Waals surface area contributed by atoms with Crippen molar-refractivity contribution in [1.29, 1.82) is 0 Å². The highest BCUT2D eigenvalue weighted by Crippen LogP contribution is 2.23. The fourth-order valence-electron chi connectivity index (χ4n) is 1.77. The maximum Gasteiger partial charge on any atom is 0.232 e. The first-order valence-electron chi connectivity index (χ1n) is 5.81. The number of sulfonamides is 1. The molecule has 0 unspecified atom stereocenters. The van der Waals surface area contributed by atoms with Gasteiger partial charge in [0.1, 0.15) is 0 Å². The van der Waals surface area contributed by atoms with Gasteiger partial charge < -0.3 is 5.11 Å². The van der Waals surface area contributed by atoms with Crippen molar-refractivity contribution in [2.75, 3.05) is 17.1 Å². The summed E-state index contributed by atoms with van der Waals surface area (Å²) in [6, 6.07) is 11.2. The summed E-state index contributed by atoms with van der Waals surface area (Å²) in [5.41, 5.74) is 0.535. The van der Waals surface area contributed by atoms with Gasteiger partial charge in [0.2, 0.25) is 10.0 Å². The third kappa shape index (κ3) is 3.92. The topological polar surface area (TPSA) is 66.4 Å². The quantitative estimate of drug-likeness (QED) is 0.877. The number of aliphatic hydroxyl groups excluding tert-OH is 1. The maximum atomic E-state index is 11.7. The zero-order chi connectivity index (χ0) is 13.9. The lowest BCUT2D eigenvalue weighted by atomic mass is 10.1. The Morgan fingerprint density at radius 1 is 1.11 bits per heavy atom. The molecule has 2 aromatic carbocycles. The molecule has 0 atom stereocenters. The number of nitrogens with one attached hydrogen (secondary N) is 1. The molecule has 0 bridgehead atoms. The van der Waals surface area contributed by atoms with Crippen molar-refractivity contribution in [3.63, 3.8) is 0 Å². The average Bonchev–Trinajstić information content (AvgIpc) is 2.36. The second-order valence-electron chi connectivity index (χ2n) is 4.20. The molecule has 0 aromatic heterocycles. The second kappa shape index (κ2) is 5.90. The van der Waals surface area contributed by atoms with Crippen molar-refractivity contribution in [2.24, 2.45) is 0 Å². The first-order valence-corrected chi connectivity index (χ1v) is 8.25. The number of benzene rings is 2. The molecule has 0 aliphatic carbocycles. The van der Waals surface area contributed by atoms with Gasteiger partial charge in [0.25, 0.3) is 0 Å². The molecule has 0 radical (unpaired) electrons. The summed E-state index contributed by atoms with van der Waals surface area (Å²) >= 11 is 3.39. The molecule has 4 nitrogen and oxygen atoms in total. The Hall–Kier alpha value is -1.11. The Labute approximate surface area is 120 Å². The first-order chi connectivity index (χ1) is 9.00. The molecule has 2 N–H and O–H groups in total. The van der Waals surface area contributed by atoms with Crippen molar-refractivity contribution in [3.8, 4) is 0 Å². The van der Waals surface area contributed by atoms with Crippen LogP contribution in [0.25, 0.3) is 10.8 Å². The standard InChI is InChI=1S/C13H14BrNO3S/c14-12-4-2-11-9-13(5-3-10(11)8-12)15-19(17,18)7-1-6-16/h2-5,8-9,15-16H,1,6-7H2. The molecule has 0 aliphatic rings. The molecular formula is C13H14BrNO3S. The third-order valence-corrected chi connectivity index (χ3v) is 4.51. The Morgan fingerprint density at radius 2 is 1.79 bits per heavy atom. The molecule has 0 saturated heterocycles. The summed E-state index contributed by atoms with van der Waals surface area (Å²) in [4.78, 5) is 0. The first kappa shape index (κ1) is 14.3. The van der Waals surface area contributed by atoms with Gasteiger partial charge in [0, 0.05) is 16.8 Å². The van der Waals surface area contributed by atoms with Crippen LogP contribution in [0, 0.1) is 0 Å². The number of anilines is 1. The summed E-state index contributed by atoms with van der Waals surface area (Å²) in [7, 11) is -3.39. The molecule has 0 aliphatic heterocycles. The molecule has 2 aromatic rings. The van der Waals surface area contributed by atoms with Crippen LogP contribution in [0.2, 0.25) is 0 Å². The summed E-state index contributed by atoms with van der Waals surface area (Å²) in [5, 5.41) is 10.7. The van der Waals surface area contributed by atoms with Gasteiger partial charge in [-0.2, -0.15) is 0 Å². The summed E-state index contributed by atoms with van der Waals surface area (Å²) in [6.07, 6.45) is 0.232. The predicted molar refractivity (Wildman–Crippen MR) is 80.8 cm³/mol. The van der Waals surface area contributed by atoms with Gasteiger partial charge in [0.15, 0.2) is 0 Å². The van der Waals surface area contributed by atoms with E-state index in [-0.39, 0.29) is 18.8 Å². The number of rotatable bonds is 5. The van der Waals surface area contributed by atoms with Gasteiger partial charge in [0.05, 0.1) is 5.75 Å². The van der Waals surface area contributed by atoms with Crippen molar-refractivity contribution in [1.82, 2.24) is 0 Å². The van der Waals surface area contributed by atoms with E-state index in [1.54, 1.807) is 12.1 Å². The van der Waals surface area contributed by atoms with Gasteiger partial charge in [-0.1, -0.05) is 28.1 Å². The smallest absolute Gasteiger partial charge is 0.232 e. The van der Waals surface area contributed by atoms with Crippen LogP contribution in [0.4, 0.5) is 5.69 Å². The lowest BCUT2D eigenvalue weighted by Crippen LogP contribution is -2.17. The van der Waals surface area contributed by atoms with Crippen LogP contribution < -0.4 is 4.72 Å². The van der Waals surface area contributed by atoms with E-state index in [0.717, 1.165) is 15.2 Å². The Morgan fingerprint density at radius 3 is 2.53 bits per heavy atom. The van der Waals surface area contributed by atoms with Gasteiger partial charge in [-0.3, -0.25) is 4.72 Å². The molecule has 102 valence electrons. The van der Waals surface area contributed by atoms with Crippen LogP contribution in [-0.2, 0) is 10.0 Å². The maximum absolute atomic E-state index is 11.7. The third-order valence-electron chi connectivity index (χ3n) is 2.65. The highest BCUT2D eigenvalue weighted by atomic mass is 79.9. The van der Waals surface area contributed by atoms with Crippen molar-refractivity contribution >= 4 is 42.4 Å². The number of hydrogen-bond donors (Lipinski definition) is 2. The van der Waals surface area contributed by atoms with E-state index in [1.807, 2.05) is 24.3 Å². The van der Waals surface area contributed by atoms with Crippen molar-refractivity contribution in [3.05, 3.63) is 40.9 Å². The van der Waals surface area contributed by atoms with Gasteiger partial charge in [-0.15, -0.1) is 0 Å². The van der Waals surface area contributed by atoms with E-state index < -0.39 is 10.0 Å². The van der Waals surface area contributed by atoms with Gasteiger partial charge in [-0.05, 0) is 41.5 Å². The van der Waals surface area contributed by atoms with Crippen LogP contribution in [0.15, 0.2) is 40.9 Å². The number of hydrogen-bond acceptors (Lipinski definition) is 3. The van der Waals surface area contributed by atoms with E-state index >= 15 is 0 Å². The molecule has 0 spiro atoms. The number of halogens is 1. The fourth-order valence-corrected chi connectivity index (χ4v) is 3.24. The minimum Gasteiger partial charge on any atom is -0.396 e. The molecule has 0 saturated carbocycles. The highest BCUT2D eigenvalue weighted by Gasteiger charge is 2.09. The molecule has 19 heavy (non-hydrogen) atoms. The molecule has 2 rings (SSSR count). The van der Waals surface area contributed by atoms with E-state index in [0.29, 0.717) is 5.69 Å². The molecule has 0 amide bonds. The van der Waals surface area contributed by atoms with Crippen LogP contribution >= 0.6 is 15.9 Å². The fraction of sp³-hybridized carbons (Fsp3) is 0.231. The van der Waals surface area contributed by atoms with Crippen LogP contribution in [0.3, 0.4) is 0 Å². The van der Waals surface area contributed by atoms with Gasteiger partial charge >= 0.3 is 0 Å². The molecule has 0 fully saturated rings. The van der Waals surface area contributed by atoms with E-state index in [9.17, 15) is 8.42 Å². The zero-order valence-corrected chi connectivity index (χ0v) is 12.5. The van der Waals surface area contributed by atoms with Crippen LogP contribution in [0.5, 0.6) is 0 Å². The van der Waals surface area contributed by atoms with E-state index in [1.165, 1.54) is 0 Å². The molecular weight excluding hydrogens is 330 g/mol. The lowest BCUT2D eigenvalue weighted by molar-refractivity contribution is 0.295.